The van der Waals surface area contributed by atoms with E-state index in [1.807, 2.05) is 24.3 Å². The average molecular weight is 216 g/mol. The van der Waals surface area contributed by atoms with Gasteiger partial charge in [-0.25, -0.2) is 0 Å². The van der Waals surface area contributed by atoms with E-state index in [9.17, 15) is 5.11 Å². The molecule has 3 heteroatoms. The van der Waals surface area contributed by atoms with E-state index in [-0.39, 0.29) is 12.4 Å². The van der Waals surface area contributed by atoms with Crippen molar-refractivity contribution in [2.75, 3.05) is 0 Å². The van der Waals surface area contributed by atoms with Gasteiger partial charge in [-0.1, -0.05) is 36.4 Å². The molecule has 0 aliphatic heterocycles. The van der Waals surface area contributed by atoms with Crippen molar-refractivity contribution in [2.24, 2.45) is 0 Å². The lowest BCUT2D eigenvalue weighted by Gasteiger charge is -2.05. The highest BCUT2D eigenvalue weighted by Crippen LogP contribution is 2.17. The summed E-state index contributed by atoms with van der Waals surface area (Å²) in [7, 11) is 0. The Labute approximate surface area is 93.8 Å². The second kappa shape index (κ2) is 5.19. The zero-order chi connectivity index (χ0) is 11.2. The van der Waals surface area contributed by atoms with Gasteiger partial charge in [-0.15, -0.1) is 0 Å². The Bertz CT molecular complexity index is 440. The van der Waals surface area contributed by atoms with Crippen LogP contribution in [0.3, 0.4) is 0 Å². The van der Waals surface area contributed by atoms with Gasteiger partial charge in [0.15, 0.2) is 5.75 Å². The summed E-state index contributed by atoms with van der Waals surface area (Å²) in [5.74, 6) is 0.845. The number of para-hydroxylation sites is 2. The van der Waals surface area contributed by atoms with Crippen LogP contribution in [-0.4, -0.2) is 5.11 Å². The normalized spacial score (nSPS) is 10.0. The zero-order valence-electron chi connectivity index (χ0n) is 8.67. The van der Waals surface area contributed by atoms with E-state index in [1.165, 1.54) is 0 Å². The lowest BCUT2D eigenvalue weighted by molar-refractivity contribution is -0.217. The fourth-order valence-corrected chi connectivity index (χ4v) is 1.27. The van der Waals surface area contributed by atoms with Crippen molar-refractivity contribution in [1.29, 1.82) is 0 Å². The van der Waals surface area contributed by atoms with E-state index in [4.69, 9.17) is 9.78 Å². The van der Waals surface area contributed by atoms with Crippen LogP contribution in [0.5, 0.6) is 11.5 Å². The molecule has 82 valence electrons. The lowest BCUT2D eigenvalue weighted by atomic mass is 10.2. The number of aromatic hydroxyl groups is 1. The van der Waals surface area contributed by atoms with Crippen molar-refractivity contribution >= 4 is 0 Å². The molecule has 0 unspecified atom stereocenters. The molecule has 0 aromatic heterocycles. The van der Waals surface area contributed by atoms with Gasteiger partial charge in [-0.05, 0) is 18.2 Å². The molecule has 0 saturated heterocycles. The SMILES string of the molecule is Oc1ccccc1COOc1ccccc1. The molecule has 3 nitrogen and oxygen atoms in total. The highest BCUT2D eigenvalue weighted by Gasteiger charge is 2.00. The van der Waals surface area contributed by atoms with Crippen LogP contribution in [0.2, 0.25) is 0 Å². The first kappa shape index (κ1) is 10.5. The molecule has 0 atom stereocenters. The number of phenols is 1. The Morgan fingerprint density at radius 2 is 1.56 bits per heavy atom. The predicted molar refractivity (Wildman–Crippen MR) is 60.0 cm³/mol. The Morgan fingerprint density at radius 3 is 2.31 bits per heavy atom. The van der Waals surface area contributed by atoms with Gasteiger partial charge in [0.1, 0.15) is 12.4 Å². The van der Waals surface area contributed by atoms with Crippen LogP contribution in [0.15, 0.2) is 54.6 Å². The third-order valence-electron chi connectivity index (χ3n) is 2.10. The molecule has 0 aliphatic rings. The molecule has 0 fully saturated rings. The minimum absolute atomic E-state index is 0.208. The minimum atomic E-state index is 0.208. The monoisotopic (exact) mass is 216 g/mol. The molecule has 16 heavy (non-hydrogen) atoms. The van der Waals surface area contributed by atoms with Crippen LogP contribution in [0.25, 0.3) is 0 Å². The van der Waals surface area contributed by atoms with Crippen molar-refractivity contribution < 1.29 is 14.9 Å². The van der Waals surface area contributed by atoms with Crippen LogP contribution in [0.1, 0.15) is 5.56 Å². The first-order chi connectivity index (χ1) is 7.86. The maximum Gasteiger partial charge on any atom is 0.165 e. The summed E-state index contributed by atoms with van der Waals surface area (Å²) in [6.07, 6.45) is 0. The van der Waals surface area contributed by atoms with E-state index in [1.54, 1.807) is 30.3 Å². The van der Waals surface area contributed by atoms with Crippen molar-refractivity contribution in [1.82, 2.24) is 0 Å². The fraction of sp³-hybridized carbons (Fsp3) is 0.0769. The van der Waals surface area contributed by atoms with Crippen molar-refractivity contribution in [3.8, 4) is 11.5 Å². The van der Waals surface area contributed by atoms with Crippen LogP contribution >= 0.6 is 0 Å². The van der Waals surface area contributed by atoms with Gasteiger partial charge in [-0.3, -0.25) is 0 Å². The van der Waals surface area contributed by atoms with Gasteiger partial charge >= 0.3 is 0 Å². The maximum atomic E-state index is 9.47. The Kier molecular flexibility index (Phi) is 3.41. The van der Waals surface area contributed by atoms with Gasteiger partial charge < -0.3 is 9.99 Å². The third kappa shape index (κ3) is 2.74. The number of hydrogen-bond donors (Lipinski definition) is 1. The summed E-state index contributed by atoms with van der Waals surface area (Å²) < 4.78 is 0. The average Bonchev–Trinajstić information content (AvgIpc) is 2.33. The summed E-state index contributed by atoms with van der Waals surface area (Å²) in [5.41, 5.74) is 0.693. The topological polar surface area (TPSA) is 38.7 Å². The summed E-state index contributed by atoms with van der Waals surface area (Å²) in [6.45, 7) is 0.210. The number of rotatable bonds is 4. The summed E-state index contributed by atoms with van der Waals surface area (Å²) in [6, 6.07) is 16.2. The molecule has 1 N–H and O–H groups in total. The molecule has 2 aromatic rings. The van der Waals surface area contributed by atoms with E-state index in [0.717, 1.165) is 0 Å². The highest BCUT2D eigenvalue weighted by molar-refractivity contribution is 5.30. The zero-order valence-corrected chi connectivity index (χ0v) is 8.67. The standard InChI is InChI=1S/C13H12O3/c14-13-9-5-4-6-11(13)10-15-16-12-7-2-1-3-8-12/h1-9,14H,10H2. The van der Waals surface area contributed by atoms with Gasteiger partial charge in [-0.2, -0.15) is 4.89 Å². The van der Waals surface area contributed by atoms with Gasteiger partial charge in [0.25, 0.3) is 0 Å². The third-order valence-corrected chi connectivity index (χ3v) is 2.10. The van der Waals surface area contributed by atoms with Gasteiger partial charge in [0, 0.05) is 5.56 Å². The Balaban J connectivity index is 1.87. The fourth-order valence-electron chi connectivity index (χ4n) is 1.27. The van der Waals surface area contributed by atoms with E-state index in [0.29, 0.717) is 11.3 Å². The van der Waals surface area contributed by atoms with Crippen molar-refractivity contribution in [3.63, 3.8) is 0 Å². The van der Waals surface area contributed by atoms with Crippen LogP contribution < -0.4 is 4.89 Å². The van der Waals surface area contributed by atoms with Crippen LogP contribution in [0, 0.1) is 0 Å². The van der Waals surface area contributed by atoms with Crippen molar-refractivity contribution in [3.05, 3.63) is 60.2 Å². The molecule has 0 spiro atoms. The van der Waals surface area contributed by atoms with Crippen LogP contribution in [0.4, 0.5) is 0 Å². The molecule has 0 heterocycles. The quantitative estimate of drug-likeness (QED) is 0.630. The summed E-state index contributed by atoms with van der Waals surface area (Å²) in [4.78, 5) is 10.1. The summed E-state index contributed by atoms with van der Waals surface area (Å²) >= 11 is 0. The van der Waals surface area contributed by atoms with Gasteiger partial charge in [0.05, 0.1) is 0 Å². The van der Waals surface area contributed by atoms with E-state index < -0.39 is 0 Å². The minimum Gasteiger partial charge on any atom is -0.508 e. The van der Waals surface area contributed by atoms with E-state index in [2.05, 4.69) is 0 Å². The Hall–Kier alpha value is -2.00. The lowest BCUT2D eigenvalue weighted by Crippen LogP contribution is -1.97. The molecule has 0 radical (unpaired) electrons. The second-order valence-corrected chi connectivity index (χ2v) is 3.29. The maximum absolute atomic E-state index is 9.47. The predicted octanol–water partition coefficient (Wildman–Crippen LogP) is 2.90. The number of hydrogen-bond acceptors (Lipinski definition) is 3. The molecule has 0 saturated carbocycles. The molecule has 0 bridgehead atoms. The largest absolute Gasteiger partial charge is 0.508 e. The molecule has 2 aromatic carbocycles. The molecular formula is C13H12O3. The molecule has 0 amide bonds. The van der Waals surface area contributed by atoms with Gasteiger partial charge in [0.2, 0.25) is 0 Å². The molecular weight excluding hydrogens is 204 g/mol. The highest BCUT2D eigenvalue weighted by atomic mass is 17.2. The van der Waals surface area contributed by atoms with Crippen LogP contribution in [-0.2, 0) is 11.5 Å². The first-order valence-corrected chi connectivity index (χ1v) is 4.97. The van der Waals surface area contributed by atoms with Crippen molar-refractivity contribution in [2.45, 2.75) is 6.61 Å². The Morgan fingerprint density at radius 1 is 0.875 bits per heavy atom. The number of phenolic OH excluding ortho intramolecular Hbond substituents is 1. The van der Waals surface area contributed by atoms with E-state index >= 15 is 0 Å². The molecule has 2 rings (SSSR count). The number of benzene rings is 2. The summed E-state index contributed by atoms with van der Waals surface area (Å²) in [5, 5.41) is 9.47. The smallest absolute Gasteiger partial charge is 0.165 e. The second-order valence-electron chi connectivity index (χ2n) is 3.29. The first-order valence-electron chi connectivity index (χ1n) is 4.97. The molecule has 0 aliphatic carbocycles.